The van der Waals surface area contributed by atoms with E-state index in [1.54, 1.807) is 24.0 Å². The number of amides is 2. The number of pyridine rings is 1. The first-order valence-corrected chi connectivity index (χ1v) is 11.8. The van der Waals surface area contributed by atoms with Crippen molar-refractivity contribution in [3.63, 3.8) is 0 Å². The van der Waals surface area contributed by atoms with Crippen molar-refractivity contribution in [3.05, 3.63) is 62.8 Å². The van der Waals surface area contributed by atoms with E-state index in [2.05, 4.69) is 10.5 Å². The Morgan fingerprint density at radius 2 is 2.17 bits per heavy atom. The Balaban J connectivity index is 1.54. The quantitative estimate of drug-likeness (QED) is 0.669. The van der Waals surface area contributed by atoms with Crippen molar-refractivity contribution in [2.45, 2.75) is 57.3 Å². The van der Waals surface area contributed by atoms with Crippen molar-refractivity contribution in [2.24, 2.45) is 5.16 Å². The van der Waals surface area contributed by atoms with E-state index in [4.69, 9.17) is 9.57 Å². The van der Waals surface area contributed by atoms with Gasteiger partial charge in [0.05, 0.1) is 19.6 Å². The summed E-state index contributed by atoms with van der Waals surface area (Å²) < 4.78 is 21.0. The third kappa shape index (κ3) is 3.69. The molecule has 3 atom stereocenters. The zero-order valence-electron chi connectivity index (χ0n) is 20.2. The molecule has 4 heterocycles. The van der Waals surface area contributed by atoms with Crippen molar-refractivity contribution < 1.29 is 28.7 Å². The molecule has 3 aliphatic heterocycles. The number of rotatable bonds is 3. The van der Waals surface area contributed by atoms with Gasteiger partial charge in [0, 0.05) is 30.9 Å². The maximum absolute atomic E-state index is 14.2. The minimum Gasteiger partial charge on any atom is -0.503 e. The van der Waals surface area contributed by atoms with E-state index in [0.29, 0.717) is 25.2 Å². The first-order valence-electron chi connectivity index (χ1n) is 11.8. The van der Waals surface area contributed by atoms with Crippen LogP contribution < -0.4 is 10.7 Å². The van der Waals surface area contributed by atoms with Gasteiger partial charge in [0.1, 0.15) is 11.4 Å². The van der Waals surface area contributed by atoms with Gasteiger partial charge in [-0.25, -0.2) is 4.39 Å². The van der Waals surface area contributed by atoms with Gasteiger partial charge in [-0.1, -0.05) is 17.3 Å². The predicted molar refractivity (Wildman–Crippen MR) is 126 cm³/mol. The van der Waals surface area contributed by atoms with Gasteiger partial charge in [0.2, 0.25) is 11.3 Å². The topological polar surface area (TPSA) is 122 Å². The molecule has 190 valence electrons. The third-order valence-corrected chi connectivity index (χ3v) is 7.41. The number of carbonyl (C=O) groups excluding carboxylic acids is 2. The van der Waals surface area contributed by atoms with Gasteiger partial charge in [0.25, 0.3) is 11.8 Å². The van der Waals surface area contributed by atoms with E-state index in [0.717, 1.165) is 5.56 Å². The number of aromatic nitrogens is 1. The highest BCUT2D eigenvalue weighted by atomic mass is 19.1. The molecule has 2 N–H and O–H groups in total. The lowest BCUT2D eigenvalue weighted by Crippen LogP contribution is -2.52. The second kappa shape index (κ2) is 8.65. The molecule has 2 bridgehead atoms. The number of halogens is 1. The number of carbonyl (C=O) groups is 2. The number of benzene rings is 1. The first-order chi connectivity index (χ1) is 17.1. The molecule has 0 unspecified atom stereocenters. The molecule has 36 heavy (non-hydrogen) atoms. The summed E-state index contributed by atoms with van der Waals surface area (Å²) in [5, 5.41) is 17.4. The molecule has 2 amide bonds. The molecular formula is C25H27FN4O6. The highest BCUT2D eigenvalue weighted by Crippen LogP contribution is 2.46. The number of nitrogens with zero attached hydrogens (tertiary/aromatic N) is 3. The van der Waals surface area contributed by atoms with Gasteiger partial charge in [-0.15, -0.1) is 0 Å². The molecular weight excluding hydrogens is 471 g/mol. The summed E-state index contributed by atoms with van der Waals surface area (Å²) >= 11 is 0. The average Bonchev–Trinajstić information content (AvgIpc) is 3.23. The lowest BCUT2D eigenvalue weighted by Gasteiger charge is -2.41. The molecule has 0 radical (unpaired) electrons. The molecule has 11 heteroatoms. The lowest BCUT2D eigenvalue weighted by molar-refractivity contribution is -0.0655. The number of aryl methyl sites for hydroxylation is 1. The summed E-state index contributed by atoms with van der Waals surface area (Å²) in [6.07, 6.45) is 2.77. The summed E-state index contributed by atoms with van der Waals surface area (Å²) in [5.41, 5.74) is -1.42. The van der Waals surface area contributed by atoms with Gasteiger partial charge in [-0.05, 0) is 38.3 Å². The molecule has 1 aromatic heterocycles. The van der Waals surface area contributed by atoms with E-state index in [9.17, 15) is 23.9 Å². The summed E-state index contributed by atoms with van der Waals surface area (Å²) in [6, 6.07) is 3.91. The third-order valence-electron chi connectivity index (χ3n) is 7.41. The van der Waals surface area contributed by atoms with Crippen molar-refractivity contribution in [2.75, 3.05) is 13.7 Å². The number of hydrogen-bond donors (Lipinski definition) is 2. The molecule has 0 aliphatic carbocycles. The van der Waals surface area contributed by atoms with Crippen LogP contribution in [-0.2, 0) is 16.1 Å². The summed E-state index contributed by atoms with van der Waals surface area (Å²) in [5.74, 6) is -2.17. The van der Waals surface area contributed by atoms with Crippen molar-refractivity contribution >= 4 is 17.7 Å². The van der Waals surface area contributed by atoms with Crippen molar-refractivity contribution in [3.8, 4) is 5.75 Å². The van der Waals surface area contributed by atoms with E-state index < -0.39 is 40.5 Å². The van der Waals surface area contributed by atoms with Crippen molar-refractivity contribution in [1.29, 1.82) is 0 Å². The van der Waals surface area contributed by atoms with E-state index in [1.165, 1.54) is 23.9 Å². The maximum atomic E-state index is 14.2. The number of ether oxygens (including phenoxy) is 1. The molecule has 2 aromatic rings. The Hall–Kier alpha value is -3.89. The predicted octanol–water partition coefficient (Wildman–Crippen LogP) is 2.23. The summed E-state index contributed by atoms with van der Waals surface area (Å²) in [7, 11) is 1.49. The second-order valence-corrected chi connectivity index (χ2v) is 9.64. The van der Waals surface area contributed by atoms with Crippen molar-refractivity contribution in [1.82, 2.24) is 14.8 Å². The average molecular weight is 499 g/mol. The largest absolute Gasteiger partial charge is 0.503 e. The lowest BCUT2D eigenvalue weighted by atomic mass is 9.85. The first kappa shape index (κ1) is 23.8. The van der Waals surface area contributed by atoms with Crippen LogP contribution in [0.3, 0.4) is 0 Å². The van der Waals surface area contributed by atoms with E-state index in [1.807, 2.05) is 6.92 Å². The van der Waals surface area contributed by atoms with Crippen LogP contribution in [0.2, 0.25) is 0 Å². The molecule has 1 fully saturated rings. The summed E-state index contributed by atoms with van der Waals surface area (Å²) in [4.78, 5) is 46.8. The zero-order chi connectivity index (χ0) is 25.8. The van der Waals surface area contributed by atoms with Crippen LogP contribution in [-0.4, -0.2) is 57.6 Å². The van der Waals surface area contributed by atoms with Crippen LogP contribution in [0.25, 0.3) is 0 Å². The molecule has 0 saturated carbocycles. The van der Waals surface area contributed by atoms with Gasteiger partial charge < -0.3 is 29.5 Å². The number of aromatic hydroxyl groups is 1. The number of fused-ring (bicyclic) bond motifs is 5. The monoisotopic (exact) mass is 498 g/mol. The fourth-order valence-electron chi connectivity index (χ4n) is 5.26. The van der Waals surface area contributed by atoms with Crippen LogP contribution in [0, 0.1) is 12.7 Å². The summed E-state index contributed by atoms with van der Waals surface area (Å²) in [6.45, 7) is 3.74. The molecule has 1 spiro atoms. The molecule has 5 rings (SSSR count). The standard InChI is InChI=1S/C25H27FN4O6/c1-13-4-5-15(17(26)8-13)10-27-23(33)16-11-30-18-12-29(24(34)20(30)22(32)21(16)31)14(2)6-7-25(18)9-19(35-3)28-36-25/h4-5,8,11,14,18,32H,6-7,9-10,12H2,1-3H3,(H,27,33)/t14-,18+,25-/m0/s1. The fourth-order valence-corrected chi connectivity index (χ4v) is 5.26. The highest BCUT2D eigenvalue weighted by molar-refractivity contribution is 5.99. The van der Waals surface area contributed by atoms with Gasteiger partial charge in [0.15, 0.2) is 17.0 Å². The normalized spacial score (nSPS) is 24.6. The fraction of sp³-hybridized carbons (Fsp3) is 0.440. The Kier molecular flexibility index (Phi) is 5.73. The van der Waals surface area contributed by atoms with Crippen LogP contribution in [0.4, 0.5) is 4.39 Å². The zero-order valence-corrected chi connectivity index (χ0v) is 20.2. The van der Waals surface area contributed by atoms with E-state index >= 15 is 0 Å². The Bertz CT molecular complexity index is 1350. The molecule has 3 aliphatic rings. The van der Waals surface area contributed by atoms with Gasteiger partial charge >= 0.3 is 0 Å². The Labute approximate surface area is 206 Å². The minimum atomic E-state index is -0.973. The van der Waals surface area contributed by atoms with Crippen LogP contribution in [0.1, 0.15) is 64.2 Å². The molecule has 1 aromatic carbocycles. The van der Waals surface area contributed by atoms with Crippen LogP contribution in [0.15, 0.2) is 34.3 Å². The van der Waals surface area contributed by atoms with Gasteiger partial charge in [-0.3, -0.25) is 14.4 Å². The number of hydrogen-bond acceptors (Lipinski definition) is 7. The number of oxime groups is 1. The second-order valence-electron chi connectivity index (χ2n) is 9.64. The van der Waals surface area contributed by atoms with Crippen LogP contribution in [0.5, 0.6) is 5.75 Å². The van der Waals surface area contributed by atoms with E-state index in [-0.39, 0.29) is 36.0 Å². The highest BCUT2D eigenvalue weighted by Gasteiger charge is 2.54. The SMILES string of the molecule is COC1=NO[C@@]2(CC[C@H](C)N3C[C@H]2n2cc(C(=O)NCc4ccc(C)cc4F)c(=O)c(O)c2C3=O)C1. The molecule has 10 nitrogen and oxygen atoms in total. The smallest absolute Gasteiger partial charge is 0.274 e. The maximum Gasteiger partial charge on any atom is 0.274 e. The van der Waals surface area contributed by atoms with Crippen LogP contribution >= 0.6 is 0 Å². The number of methoxy groups -OCH3 is 1. The Morgan fingerprint density at radius 3 is 2.86 bits per heavy atom. The minimum absolute atomic E-state index is 0.154. The molecule has 1 saturated heterocycles. The van der Waals surface area contributed by atoms with Gasteiger partial charge in [-0.2, -0.15) is 0 Å². The Morgan fingerprint density at radius 1 is 1.39 bits per heavy atom. The number of nitrogens with one attached hydrogen (secondary N) is 1.